The minimum absolute atomic E-state index is 0.120. The number of carbonyl (C=O) groups excluding carboxylic acids is 1. The van der Waals surface area contributed by atoms with Crippen molar-refractivity contribution in [3.8, 4) is 0 Å². The summed E-state index contributed by atoms with van der Waals surface area (Å²) in [6.07, 6.45) is 11.4. The van der Waals surface area contributed by atoms with E-state index in [1.165, 1.54) is 12.6 Å². The molecule has 0 saturated carbocycles. The first-order valence-electron chi connectivity index (χ1n) is 11.3. The summed E-state index contributed by atoms with van der Waals surface area (Å²) in [6, 6.07) is 0.185. The van der Waals surface area contributed by atoms with Crippen LogP contribution in [0.1, 0.15) is 56.7 Å². The Kier molecular flexibility index (Phi) is 7.41. The zero-order valence-corrected chi connectivity index (χ0v) is 18.8. The van der Waals surface area contributed by atoms with Crippen molar-refractivity contribution in [2.75, 3.05) is 19.7 Å². The molecule has 2 aliphatic rings. The van der Waals surface area contributed by atoms with Crippen molar-refractivity contribution in [3.05, 3.63) is 43.9 Å². The maximum atomic E-state index is 12.7. The van der Waals surface area contributed by atoms with Gasteiger partial charge in [0.05, 0.1) is 17.8 Å². The highest BCUT2D eigenvalue weighted by Gasteiger charge is 2.23. The Morgan fingerprint density at radius 3 is 2.84 bits per heavy atom. The van der Waals surface area contributed by atoms with E-state index in [2.05, 4.69) is 15.3 Å². The lowest BCUT2D eigenvalue weighted by Crippen LogP contribution is -2.39. The number of carbonyl (C=O) groups is 1. The van der Waals surface area contributed by atoms with E-state index < -0.39 is 11.2 Å². The number of likely N-dealkylation sites (tertiary alicyclic amines) is 1. The molecule has 10 nitrogen and oxygen atoms in total. The van der Waals surface area contributed by atoms with Crippen molar-refractivity contribution in [2.45, 2.75) is 70.1 Å². The highest BCUT2D eigenvalue weighted by Crippen LogP contribution is 2.23. The first-order chi connectivity index (χ1) is 15.5. The van der Waals surface area contributed by atoms with E-state index in [1.54, 1.807) is 4.90 Å². The van der Waals surface area contributed by atoms with Crippen LogP contribution in [0.2, 0.25) is 5.02 Å². The summed E-state index contributed by atoms with van der Waals surface area (Å²) in [6.45, 7) is 1.89. The zero-order valence-electron chi connectivity index (χ0n) is 18.0. The third-order valence-electron chi connectivity index (χ3n) is 6.25. The second kappa shape index (κ2) is 10.4. The predicted molar refractivity (Wildman–Crippen MR) is 118 cm³/mol. The van der Waals surface area contributed by atoms with Gasteiger partial charge in [-0.3, -0.25) is 19.1 Å². The van der Waals surface area contributed by atoms with E-state index in [-0.39, 0.29) is 23.5 Å². The molecule has 0 radical (unpaired) electrons. The molecule has 2 unspecified atom stereocenters. The fourth-order valence-electron chi connectivity index (χ4n) is 4.39. The van der Waals surface area contributed by atoms with Gasteiger partial charge < -0.3 is 9.64 Å². The third kappa shape index (κ3) is 5.66. The Balaban J connectivity index is 1.30. The molecule has 11 heteroatoms. The van der Waals surface area contributed by atoms with Crippen LogP contribution in [0, 0.1) is 0 Å². The van der Waals surface area contributed by atoms with Crippen LogP contribution >= 0.6 is 11.6 Å². The van der Waals surface area contributed by atoms with Gasteiger partial charge in [-0.25, -0.2) is 9.48 Å². The molecule has 2 aromatic heterocycles. The van der Waals surface area contributed by atoms with Crippen LogP contribution in [-0.4, -0.2) is 61.2 Å². The Labute approximate surface area is 190 Å². The number of hydrogen-bond donors (Lipinski definition) is 1. The van der Waals surface area contributed by atoms with Gasteiger partial charge in [-0.05, 0) is 51.4 Å². The number of ether oxygens (including phenoxy) is 1. The smallest absolute Gasteiger partial charge is 0.328 e. The lowest BCUT2D eigenvalue weighted by atomic mass is 10.0. The van der Waals surface area contributed by atoms with Gasteiger partial charge in [-0.1, -0.05) is 16.8 Å². The Bertz CT molecular complexity index is 1040. The molecule has 0 bridgehead atoms. The summed E-state index contributed by atoms with van der Waals surface area (Å²) in [7, 11) is 0. The molecule has 1 amide bonds. The van der Waals surface area contributed by atoms with Crippen LogP contribution in [-0.2, 0) is 22.5 Å². The van der Waals surface area contributed by atoms with Crippen molar-refractivity contribution >= 4 is 17.5 Å². The fourth-order valence-corrected chi connectivity index (χ4v) is 4.55. The molecule has 32 heavy (non-hydrogen) atoms. The summed E-state index contributed by atoms with van der Waals surface area (Å²) in [5, 5.41) is 8.56. The van der Waals surface area contributed by atoms with Crippen LogP contribution < -0.4 is 11.2 Å². The van der Waals surface area contributed by atoms with Gasteiger partial charge in [0.25, 0.3) is 5.56 Å². The number of aryl methyl sites for hydroxylation is 1. The van der Waals surface area contributed by atoms with E-state index in [4.69, 9.17) is 16.3 Å². The lowest BCUT2D eigenvalue weighted by Gasteiger charge is -2.21. The van der Waals surface area contributed by atoms with Crippen LogP contribution in [0.25, 0.3) is 0 Å². The molecule has 174 valence electrons. The quantitative estimate of drug-likeness (QED) is 0.693. The molecule has 4 heterocycles. The molecule has 0 spiro atoms. The number of hydrogen-bond acceptors (Lipinski definition) is 6. The Hall–Kier alpha value is -2.46. The normalized spacial score (nSPS) is 22.0. The molecule has 0 aliphatic carbocycles. The molecular weight excluding hydrogens is 436 g/mol. The van der Waals surface area contributed by atoms with Crippen LogP contribution in [0.4, 0.5) is 0 Å². The first-order valence-corrected chi connectivity index (χ1v) is 11.7. The fraction of sp³-hybridized carbons (Fsp3) is 0.667. The maximum Gasteiger partial charge on any atom is 0.328 e. The van der Waals surface area contributed by atoms with Crippen molar-refractivity contribution in [3.63, 3.8) is 0 Å². The molecule has 2 saturated heterocycles. The molecule has 2 aromatic rings. The molecule has 2 fully saturated rings. The highest BCUT2D eigenvalue weighted by atomic mass is 35.5. The maximum absolute atomic E-state index is 12.7. The van der Waals surface area contributed by atoms with E-state index in [9.17, 15) is 14.4 Å². The molecular formula is C21H29ClN6O4. The molecule has 2 atom stereocenters. The van der Waals surface area contributed by atoms with Gasteiger partial charge in [-0.15, -0.1) is 5.10 Å². The Morgan fingerprint density at radius 2 is 2.03 bits per heavy atom. The average Bonchev–Trinajstić information content (AvgIpc) is 3.12. The number of aromatic nitrogens is 5. The topological polar surface area (TPSA) is 115 Å². The number of aromatic amines is 1. The summed E-state index contributed by atoms with van der Waals surface area (Å²) >= 11 is 5.79. The summed E-state index contributed by atoms with van der Waals surface area (Å²) in [5.74, 6) is -0.178. The van der Waals surface area contributed by atoms with Crippen molar-refractivity contribution in [1.29, 1.82) is 0 Å². The number of halogens is 1. The first kappa shape index (κ1) is 22.7. The SMILES string of the molecule is O=C(Cn1cc(Cl)c(=O)[nH]c1=O)N1CCCC(n2cc(CCC3CCCCO3)nn2)CC1. The van der Waals surface area contributed by atoms with Crippen molar-refractivity contribution < 1.29 is 9.53 Å². The number of amides is 1. The van der Waals surface area contributed by atoms with E-state index in [0.717, 1.165) is 61.8 Å². The lowest BCUT2D eigenvalue weighted by molar-refractivity contribution is -0.131. The largest absolute Gasteiger partial charge is 0.378 e. The van der Waals surface area contributed by atoms with Gasteiger partial charge in [0.2, 0.25) is 5.91 Å². The minimum Gasteiger partial charge on any atom is -0.378 e. The third-order valence-corrected chi connectivity index (χ3v) is 6.52. The number of nitrogens with zero attached hydrogens (tertiary/aromatic N) is 5. The summed E-state index contributed by atoms with van der Waals surface area (Å²) in [4.78, 5) is 39.9. The highest BCUT2D eigenvalue weighted by molar-refractivity contribution is 6.30. The van der Waals surface area contributed by atoms with Gasteiger partial charge in [0, 0.05) is 32.1 Å². The van der Waals surface area contributed by atoms with Crippen molar-refractivity contribution in [2.24, 2.45) is 0 Å². The molecule has 1 N–H and O–H groups in total. The monoisotopic (exact) mass is 464 g/mol. The van der Waals surface area contributed by atoms with E-state index in [0.29, 0.717) is 19.2 Å². The zero-order chi connectivity index (χ0) is 22.5. The average molecular weight is 465 g/mol. The van der Waals surface area contributed by atoms with E-state index >= 15 is 0 Å². The number of H-pyrrole nitrogens is 1. The summed E-state index contributed by atoms with van der Waals surface area (Å²) in [5.41, 5.74) is -0.323. The number of rotatable bonds is 6. The Morgan fingerprint density at radius 1 is 1.16 bits per heavy atom. The second-order valence-corrected chi connectivity index (χ2v) is 8.95. The molecule has 2 aliphatic heterocycles. The standard InChI is InChI=1S/C21H29ClN6O4/c22-18-13-27(21(31)23-20(18)30)14-19(29)26-9-3-4-16(8-10-26)28-12-15(24-25-28)6-7-17-5-1-2-11-32-17/h12-13,16-17H,1-11,14H2,(H,23,30,31). The molecule has 4 rings (SSSR count). The van der Waals surface area contributed by atoms with Crippen LogP contribution in [0.3, 0.4) is 0 Å². The van der Waals surface area contributed by atoms with Gasteiger partial charge in [-0.2, -0.15) is 0 Å². The minimum atomic E-state index is -0.656. The molecule has 0 aromatic carbocycles. The van der Waals surface area contributed by atoms with Gasteiger partial charge in [0.15, 0.2) is 0 Å². The van der Waals surface area contributed by atoms with Crippen LogP contribution in [0.15, 0.2) is 22.0 Å². The summed E-state index contributed by atoms with van der Waals surface area (Å²) < 4.78 is 8.86. The predicted octanol–water partition coefficient (Wildman–Crippen LogP) is 1.54. The van der Waals surface area contributed by atoms with Gasteiger partial charge in [0.1, 0.15) is 11.6 Å². The van der Waals surface area contributed by atoms with E-state index in [1.807, 2.05) is 10.9 Å². The number of nitrogens with one attached hydrogen (secondary N) is 1. The van der Waals surface area contributed by atoms with Crippen LogP contribution in [0.5, 0.6) is 0 Å². The van der Waals surface area contributed by atoms with Crippen molar-refractivity contribution in [1.82, 2.24) is 29.4 Å². The van der Waals surface area contributed by atoms with Gasteiger partial charge >= 0.3 is 5.69 Å². The second-order valence-electron chi connectivity index (χ2n) is 8.55.